The number of ether oxygens (including phenoxy) is 1. The number of nitrogens with one attached hydrogen (secondary N) is 1. The van der Waals surface area contributed by atoms with Gasteiger partial charge in [0.25, 0.3) is 0 Å². The molecule has 0 saturated carbocycles. The standard InChI is InChI=1S/C44H40N4O/c1-44(2)37-26-46-18-16-31(37)41-32-12-6-8-14-38(32)48(39-15-9-7-13-33(39)42(41)44)30-21-28(27-10-4-3-5-11-27)20-29(22-30)34-23-47-25-36-35-24-45-19-17-40(35)49-43(34)36/h3-5,8-11,14-22,24-26,33,35,39-40,47H,6-7,12-13,23H2,1-2H3. The number of anilines is 1. The van der Waals surface area contributed by atoms with Crippen LogP contribution < -0.4 is 10.2 Å². The number of nitrogens with zero attached hydrogens (tertiary/aromatic N) is 3. The molecule has 1 saturated heterocycles. The Morgan fingerprint density at radius 3 is 2.76 bits per heavy atom. The molecule has 2 aromatic carbocycles. The van der Waals surface area contributed by atoms with Crippen molar-refractivity contribution in [2.45, 2.75) is 57.1 Å². The SMILES string of the molecule is CC1(C)C2=C(C3=C(C=CCC3)N(c3cc(C4=C5OC6C=CN=CC6C5=CNC4)cc(-c4ccccc4)c3)C3C=CCCC23)c2ccncc21. The van der Waals surface area contributed by atoms with Gasteiger partial charge in [-0.15, -0.1) is 0 Å². The highest BCUT2D eigenvalue weighted by Gasteiger charge is 2.48. The summed E-state index contributed by atoms with van der Waals surface area (Å²) < 4.78 is 6.70. The molecule has 49 heavy (non-hydrogen) atoms. The molecule has 4 atom stereocenters. The van der Waals surface area contributed by atoms with E-state index in [1.54, 1.807) is 5.57 Å². The minimum atomic E-state index is -0.0866. The Balaban J connectivity index is 1.21. The zero-order chi connectivity index (χ0) is 32.7. The van der Waals surface area contributed by atoms with Crippen LogP contribution in [0, 0.1) is 11.8 Å². The molecule has 5 heterocycles. The van der Waals surface area contributed by atoms with Crippen LogP contribution in [0.4, 0.5) is 5.69 Å². The first-order chi connectivity index (χ1) is 24.1. The number of fused-ring (bicyclic) bond motifs is 8. The maximum atomic E-state index is 6.70. The monoisotopic (exact) mass is 640 g/mol. The molecule has 242 valence electrons. The van der Waals surface area contributed by atoms with Crippen LogP contribution in [0.5, 0.6) is 0 Å². The maximum Gasteiger partial charge on any atom is 0.131 e. The third kappa shape index (κ3) is 4.30. The van der Waals surface area contributed by atoms with Crippen molar-refractivity contribution in [1.82, 2.24) is 10.3 Å². The van der Waals surface area contributed by atoms with Crippen molar-refractivity contribution in [1.29, 1.82) is 0 Å². The Kier molecular flexibility index (Phi) is 6.43. The summed E-state index contributed by atoms with van der Waals surface area (Å²) in [7, 11) is 0. The van der Waals surface area contributed by atoms with Gasteiger partial charge in [-0.2, -0.15) is 0 Å². The normalized spacial score (nSPS) is 27.0. The third-order valence-electron chi connectivity index (χ3n) is 11.8. The van der Waals surface area contributed by atoms with E-state index in [1.165, 1.54) is 61.5 Å². The lowest BCUT2D eigenvalue weighted by Gasteiger charge is -2.42. The lowest BCUT2D eigenvalue weighted by atomic mass is 9.70. The van der Waals surface area contributed by atoms with Crippen LogP contribution in [0.25, 0.3) is 22.3 Å². The Morgan fingerprint density at radius 2 is 1.84 bits per heavy atom. The molecule has 0 bridgehead atoms. The molecule has 1 aromatic heterocycles. The maximum absolute atomic E-state index is 6.70. The number of aromatic nitrogens is 1. The van der Waals surface area contributed by atoms with Crippen molar-refractivity contribution in [3.8, 4) is 11.1 Å². The van der Waals surface area contributed by atoms with Crippen LogP contribution in [-0.4, -0.2) is 29.9 Å². The van der Waals surface area contributed by atoms with Crippen LogP contribution in [0.1, 0.15) is 56.2 Å². The van der Waals surface area contributed by atoms with Crippen molar-refractivity contribution in [3.63, 3.8) is 0 Å². The predicted octanol–water partition coefficient (Wildman–Crippen LogP) is 9.06. The summed E-state index contributed by atoms with van der Waals surface area (Å²) >= 11 is 0. The number of allylic oxidation sites excluding steroid dienone is 6. The number of benzene rings is 2. The Hall–Kier alpha value is -5.16. The highest BCUT2D eigenvalue weighted by Crippen LogP contribution is 2.58. The predicted molar refractivity (Wildman–Crippen MR) is 199 cm³/mol. The summed E-state index contributed by atoms with van der Waals surface area (Å²) in [5.74, 6) is 1.51. The van der Waals surface area contributed by atoms with Crippen LogP contribution in [0.15, 0.2) is 143 Å². The Labute approximate surface area is 288 Å². The Bertz CT molecular complexity index is 2160. The summed E-state index contributed by atoms with van der Waals surface area (Å²) in [6, 6.07) is 20.5. The second-order valence-electron chi connectivity index (χ2n) is 14.8. The number of rotatable bonds is 3. The van der Waals surface area contributed by atoms with Gasteiger partial charge in [-0.25, -0.2) is 0 Å². The fraction of sp³-hybridized carbons (Fsp3) is 0.273. The smallest absolute Gasteiger partial charge is 0.131 e. The van der Waals surface area contributed by atoms with Gasteiger partial charge in [0.2, 0.25) is 0 Å². The van der Waals surface area contributed by atoms with E-state index in [0.29, 0.717) is 12.5 Å². The first kappa shape index (κ1) is 28.8. The van der Waals surface area contributed by atoms with Crippen molar-refractivity contribution >= 4 is 23.0 Å². The van der Waals surface area contributed by atoms with E-state index in [4.69, 9.17) is 4.74 Å². The fourth-order valence-corrected chi connectivity index (χ4v) is 9.60. The van der Waals surface area contributed by atoms with Crippen molar-refractivity contribution in [2.24, 2.45) is 16.8 Å². The molecular weight excluding hydrogens is 601 g/mol. The van der Waals surface area contributed by atoms with Crippen molar-refractivity contribution in [2.75, 3.05) is 11.4 Å². The van der Waals surface area contributed by atoms with E-state index in [1.807, 2.05) is 18.6 Å². The highest BCUT2D eigenvalue weighted by molar-refractivity contribution is 5.93. The number of hydrogen-bond donors (Lipinski definition) is 1. The van der Waals surface area contributed by atoms with Gasteiger partial charge in [0.1, 0.15) is 11.9 Å². The summed E-state index contributed by atoms with van der Waals surface area (Å²) in [4.78, 5) is 11.8. The van der Waals surface area contributed by atoms with Gasteiger partial charge in [-0.1, -0.05) is 62.4 Å². The molecule has 0 spiro atoms. The first-order valence-corrected chi connectivity index (χ1v) is 17.9. The van der Waals surface area contributed by atoms with E-state index in [9.17, 15) is 0 Å². The summed E-state index contributed by atoms with van der Waals surface area (Å²) in [5.41, 5.74) is 15.8. The van der Waals surface area contributed by atoms with Gasteiger partial charge in [-0.3, -0.25) is 9.98 Å². The van der Waals surface area contributed by atoms with Gasteiger partial charge < -0.3 is 15.0 Å². The van der Waals surface area contributed by atoms with E-state index >= 15 is 0 Å². The van der Waals surface area contributed by atoms with Crippen LogP contribution in [0.3, 0.4) is 0 Å². The average molecular weight is 641 g/mol. The molecule has 5 nitrogen and oxygen atoms in total. The molecule has 1 fully saturated rings. The zero-order valence-electron chi connectivity index (χ0n) is 28.1. The van der Waals surface area contributed by atoms with Crippen LogP contribution >= 0.6 is 0 Å². The van der Waals surface area contributed by atoms with Gasteiger partial charge in [0.15, 0.2) is 0 Å². The van der Waals surface area contributed by atoms with E-state index in [0.717, 1.165) is 31.4 Å². The molecule has 10 rings (SSSR count). The number of dihydropyridines is 1. The van der Waals surface area contributed by atoms with E-state index < -0.39 is 0 Å². The average Bonchev–Trinajstić information content (AvgIpc) is 3.59. The Morgan fingerprint density at radius 1 is 0.939 bits per heavy atom. The third-order valence-corrected chi connectivity index (χ3v) is 11.8. The summed E-state index contributed by atoms with van der Waals surface area (Å²) in [6.45, 7) is 5.58. The lowest BCUT2D eigenvalue weighted by Crippen LogP contribution is -2.42. The van der Waals surface area contributed by atoms with E-state index in [2.05, 4.69) is 131 Å². The molecule has 1 N–H and O–H groups in total. The molecule has 5 heteroatoms. The summed E-state index contributed by atoms with van der Waals surface area (Å²) in [6.07, 6.45) is 26.2. The summed E-state index contributed by atoms with van der Waals surface area (Å²) in [5, 5.41) is 3.60. The molecule has 4 aliphatic heterocycles. The molecule has 3 aliphatic carbocycles. The molecule has 4 unspecified atom stereocenters. The molecule has 3 aromatic rings. The van der Waals surface area contributed by atoms with Crippen molar-refractivity contribution in [3.05, 3.63) is 155 Å². The largest absolute Gasteiger partial charge is 0.485 e. The second-order valence-corrected chi connectivity index (χ2v) is 14.8. The zero-order valence-corrected chi connectivity index (χ0v) is 28.1. The van der Waals surface area contributed by atoms with E-state index in [-0.39, 0.29) is 23.5 Å². The number of pyridine rings is 1. The first-order valence-electron chi connectivity index (χ1n) is 17.9. The van der Waals surface area contributed by atoms with Crippen LogP contribution in [0.2, 0.25) is 0 Å². The van der Waals surface area contributed by atoms with Gasteiger partial charge in [-0.05, 0) is 107 Å². The van der Waals surface area contributed by atoms with Gasteiger partial charge in [0, 0.05) is 71.4 Å². The molecular formula is C44H40N4O. The van der Waals surface area contributed by atoms with Gasteiger partial charge >= 0.3 is 0 Å². The number of aliphatic imine (C=N–C) groups is 1. The molecule has 0 radical (unpaired) electrons. The highest BCUT2D eigenvalue weighted by atomic mass is 16.5. The number of hydrogen-bond acceptors (Lipinski definition) is 5. The minimum Gasteiger partial charge on any atom is -0.485 e. The lowest BCUT2D eigenvalue weighted by molar-refractivity contribution is 0.190. The van der Waals surface area contributed by atoms with Crippen LogP contribution in [-0.2, 0) is 10.2 Å². The molecule has 0 amide bonds. The minimum absolute atomic E-state index is 0.0147. The quantitative estimate of drug-likeness (QED) is 0.290. The van der Waals surface area contributed by atoms with Gasteiger partial charge in [0.05, 0.1) is 12.0 Å². The second kappa shape index (κ2) is 10.9. The topological polar surface area (TPSA) is 49.8 Å². The molecule has 7 aliphatic rings. The fourth-order valence-electron chi connectivity index (χ4n) is 9.60. The van der Waals surface area contributed by atoms with Crippen molar-refractivity contribution < 1.29 is 4.74 Å².